The largest absolute Gasteiger partial charge is 0.497 e. The molecule has 0 bridgehead atoms. The van der Waals surface area contributed by atoms with Crippen LogP contribution >= 0.6 is 0 Å². The first-order valence-corrected chi connectivity index (χ1v) is 10.2. The standard InChI is InChI=1S/C27H23NO4/c1-31-22-12-8-20(9-13-22)17-26(29)24-18-28(21-6-4-3-5-7-21)25-14-10-19(16-23(24)25)11-15-27(30)32-2/h3-16,18H,17H2,1-2H3. The van der Waals surface area contributed by atoms with Crippen molar-refractivity contribution in [1.29, 1.82) is 0 Å². The van der Waals surface area contributed by atoms with Gasteiger partial charge in [0.15, 0.2) is 5.78 Å². The lowest BCUT2D eigenvalue weighted by Gasteiger charge is -2.05. The lowest BCUT2D eigenvalue weighted by atomic mass is 10.0. The van der Waals surface area contributed by atoms with Gasteiger partial charge in [0, 0.05) is 35.3 Å². The molecule has 0 atom stereocenters. The predicted octanol–water partition coefficient (Wildman–Crippen LogP) is 5.25. The van der Waals surface area contributed by atoms with E-state index in [1.807, 2.05) is 83.6 Å². The molecule has 0 saturated carbocycles. The maximum absolute atomic E-state index is 13.3. The highest BCUT2D eigenvalue weighted by molar-refractivity contribution is 6.09. The fourth-order valence-corrected chi connectivity index (χ4v) is 3.63. The second-order valence-corrected chi connectivity index (χ2v) is 7.33. The summed E-state index contributed by atoms with van der Waals surface area (Å²) in [5, 5.41) is 0.833. The number of para-hydroxylation sites is 1. The van der Waals surface area contributed by atoms with Gasteiger partial charge in [-0.05, 0) is 53.6 Å². The highest BCUT2D eigenvalue weighted by atomic mass is 16.5. The van der Waals surface area contributed by atoms with Crippen molar-refractivity contribution in [2.75, 3.05) is 14.2 Å². The Balaban J connectivity index is 1.77. The molecule has 0 saturated heterocycles. The summed E-state index contributed by atoms with van der Waals surface area (Å²) in [5.74, 6) is 0.343. The third kappa shape index (κ3) is 4.47. The maximum atomic E-state index is 13.3. The summed E-state index contributed by atoms with van der Waals surface area (Å²) in [6.45, 7) is 0. The lowest BCUT2D eigenvalue weighted by molar-refractivity contribution is -0.134. The second kappa shape index (κ2) is 9.35. The van der Waals surface area contributed by atoms with E-state index in [1.165, 1.54) is 13.2 Å². The molecule has 3 aromatic carbocycles. The van der Waals surface area contributed by atoms with Gasteiger partial charge in [0.25, 0.3) is 0 Å². The third-order valence-electron chi connectivity index (χ3n) is 5.30. The van der Waals surface area contributed by atoms with Crippen molar-refractivity contribution >= 4 is 28.7 Å². The van der Waals surface area contributed by atoms with Crippen LogP contribution in [0.25, 0.3) is 22.7 Å². The Bertz CT molecular complexity index is 1280. The summed E-state index contributed by atoms with van der Waals surface area (Å²) in [4.78, 5) is 24.8. The SMILES string of the molecule is COC(=O)C=Cc1ccc2c(c1)c(C(=O)Cc1ccc(OC)cc1)cn2-c1ccccc1. The average Bonchev–Trinajstić information content (AvgIpc) is 3.22. The summed E-state index contributed by atoms with van der Waals surface area (Å²) < 4.78 is 11.9. The van der Waals surface area contributed by atoms with Crippen LogP contribution in [-0.4, -0.2) is 30.5 Å². The van der Waals surface area contributed by atoms with E-state index in [4.69, 9.17) is 4.74 Å². The van der Waals surface area contributed by atoms with Gasteiger partial charge in [-0.1, -0.05) is 36.4 Å². The molecule has 0 spiro atoms. The van der Waals surface area contributed by atoms with Gasteiger partial charge >= 0.3 is 5.97 Å². The molecule has 160 valence electrons. The minimum atomic E-state index is -0.428. The van der Waals surface area contributed by atoms with Gasteiger partial charge in [0.1, 0.15) is 5.75 Å². The molecule has 0 fully saturated rings. The lowest BCUT2D eigenvalue weighted by Crippen LogP contribution is -2.03. The Labute approximate surface area is 186 Å². The molecule has 5 heteroatoms. The first-order valence-electron chi connectivity index (χ1n) is 10.2. The van der Waals surface area contributed by atoms with Gasteiger partial charge in [-0.25, -0.2) is 4.79 Å². The summed E-state index contributed by atoms with van der Waals surface area (Å²) in [6.07, 6.45) is 5.22. The van der Waals surface area contributed by atoms with Gasteiger partial charge in [-0.15, -0.1) is 0 Å². The molecule has 0 radical (unpaired) electrons. The number of Topliss-reactive ketones (excluding diaryl/α,β-unsaturated/α-hetero) is 1. The smallest absolute Gasteiger partial charge is 0.330 e. The number of aromatic nitrogens is 1. The molecule has 4 aromatic rings. The number of methoxy groups -OCH3 is 2. The van der Waals surface area contributed by atoms with Crippen LogP contribution in [0.2, 0.25) is 0 Å². The summed E-state index contributed by atoms with van der Waals surface area (Å²) >= 11 is 0. The fourth-order valence-electron chi connectivity index (χ4n) is 3.63. The number of carbonyl (C=O) groups is 2. The van der Waals surface area contributed by atoms with Crippen molar-refractivity contribution in [3.8, 4) is 11.4 Å². The van der Waals surface area contributed by atoms with Gasteiger partial charge in [0.2, 0.25) is 0 Å². The van der Waals surface area contributed by atoms with E-state index in [0.29, 0.717) is 5.56 Å². The van der Waals surface area contributed by atoms with Gasteiger partial charge in [-0.2, -0.15) is 0 Å². The minimum absolute atomic E-state index is 0.0175. The summed E-state index contributed by atoms with van der Waals surface area (Å²) in [5.41, 5.74) is 4.25. The Kier molecular flexibility index (Phi) is 6.17. The molecule has 0 unspecified atom stereocenters. The van der Waals surface area contributed by atoms with Crippen LogP contribution in [0.5, 0.6) is 5.75 Å². The van der Waals surface area contributed by atoms with Crippen molar-refractivity contribution in [2.45, 2.75) is 6.42 Å². The molecule has 1 aromatic heterocycles. The Morgan fingerprint density at radius 1 is 0.938 bits per heavy atom. The first-order chi connectivity index (χ1) is 15.6. The van der Waals surface area contributed by atoms with E-state index >= 15 is 0 Å². The Morgan fingerprint density at radius 2 is 1.69 bits per heavy atom. The Morgan fingerprint density at radius 3 is 2.38 bits per heavy atom. The normalized spacial score (nSPS) is 11.1. The monoisotopic (exact) mass is 425 g/mol. The van der Waals surface area contributed by atoms with Crippen LogP contribution in [-0.2, 0) is 16.0 Å². The van der Waals surface area contributed by atoms with Crippen molar-refractivity contribution in [3.63, 3.8) is 0 Å². The molecule has 0 aliphatic heterocycles. The first kappa shape index (κ1) is 21.1. The van der Waals surface area contributed by atoms with E-state index in [2.05, 4.69) is 4.74 Å². The van der Waals surface area contributed by atoms with E-state index in [0.717, 1.165) is 33.5 Å². The molecule has 32 heavy (non-hydrogen) atoms. The average molecular weight is 425 g/mol. The van der Waals surface area contributed by atoms with E-state index in [1.54, 1.807) is 13.2 Å². The quantitative estimate of drug-likeness (QED) is 0.231. The number of benzene rings is 3. The van der Waals surface area contributed by atoms with Crippen LogP contribution < -0.4 is 4.74 Å². The molecule has 0 amide bonds. The van der Waals surface area contributed by atoms with Crippen molar-refractivity contribution in [2.24, 2.45) is 0 Å². The number of ketones is 1. The molecule has 0 N–H and O–H groups in total. The second-order valence-electron chi connectivity index (χ2n) is 7.33. The predicted molar refractivity (Wildman–Crippen MR) is 125 cm³/mol. The molecular weight excluding hydrogens is 402 g/mol. The number of carbonyl (C=O) groups excluding carboxylic acids is 2. The van der Waals surface area contributed by atoms with Crippen LogP contribution in [0.1, 0.15) is 21.5 Å². The zero-order chi connectivity index (χ0) is 22.5. The number of ether oxygens (including phenoxy) is 2. The number of esters is 1. The van der Waals surface area contributed by atoms with Crippen LogP contribution in [0.4, 0.5) is 0 Å². The minimum Gasteiger partial charge on any atom is -0.497 e. The molecular formula is C27H23NO4. The van der Waals surface area contributed by atoms with Gasteiger partial charge in [-0.3, -0.25) is 4.79 Å². The van der Waals surface area contributed by atoms with Crippen LogP contribution in [0.15, 0.2) is 85.1 Å². The molecule has 0 aliphatic rings. The number of nitrogens with zero attached hydrogens (tertiary/aromatic N) is 1. The molecule has 5 nitrogen and oxygen atoms in total. The van der Waals surface area contributed by atoms with Crippen molar-refractivity contribution in [1.82, 2.24) is 4.57 Å². The maximum Gasteiger partial charge on any atom is 0.330 e. The van der Waals surface area contributed by atoms with E-state index < -0.39 is 5.97 Å². The zero-order valence-corrected chi connectivity index (χ0v) is 17.9. The number of hydrogen-bond donors (Lipinski definition) is 0. The van der Waals surface area contributed by atoms with Crippen LogP contribution in [0, 0.1) is 0 Å². The number of hydrogen-bond acceptors (Lipinski definition) is 4. The van der Waals surface area contributed by atoms with Crippen LogP contribution in [0.3, 0.4) is 0 Å². The summed E-state index contributed by atoms with van der Waals surface area (Å²) in [7, 11) is 2.95. The molecule has 0 aliphatic carbocycles. The topological polar surface area (TPSA) is 57.5 Å². The highest BCUT2D eigenvalue weighted by Gasteiger charge is 2.17. The van der Waals surface area contributed by atoms with E-state index in [-0.39, 0.29) is 12.2 Å². The fraction of sp³-hybridized carbons (Fsp3) is 0.111. The highest BCUT2D eigenvalue weighted by Crippen LogP contribution is 2.28. The summed E-state index contributed by atoms with van der Waals surface area (Å²) in [6, 6.07) is 23.2. The van der Waals surface area contributed by atoms with Gasteiger partial charge < -0.3 is 14.0 Å². The third-order valence-corrected chi connectivity index (χ3v) is 5.30. The van der Waals surface area contributed by atoms with Gasteiger partial charge in [0.05, 0.1) is 19.7 Å². The number of fused-ring (bicyclic) bond motifs is 1. The zero-order valence-electron chi connectivity index (χ0n) is 17.9. The van der Waals surface area contributed by atoms with E-state index in [9.17, 15) is 9.59 Å². The van der Waals surface area contributed by atoms with Crippen molar-refractivity contribution < 1.29 is 19.1 Å². The molecule has 4 rings (SSSR count). The Hall–Kier alpha value is -4.12. The number of rotatable bonds is 7. The van der Waals surface area contributed by atoms with Crippen molar-refractivity contribution in [3.05, 3.63) is 102 Å². The molecule has 1 heterocycles.